The van der Waals surface area contributed by atoms with Crippen LogP contribution in [0.1, 0.15) is 186 Å². The van der Waals surface area contributed by atoms with E-state index in [9.17, 15) is 48.6 Å². The average Bonchev–Trinajstić information content (AvgIpc) is 1.60. The van der Waals surface area contributed by atoms with E-state index in [0.29, 0.717) is 152 Å². The van der Waals surface area contributed by atoms with Gasteiger partial charge < -0.3 is 56.5 Å². The van der Waals surface area contributed by atoms with Crippen molar-refractivity contribution in [3.8, 4) is 42.3 Å². The van der Waals surface area contributed by atoms with Crippen LogP contribution in [0.2, 0.25) is 0 Å². The van der Waals surface area contributed by atoms with Gasteiger partial charge in [0.2, 0.25) is 17.7 Å². The van der Waals surface area contributed by atoms with Crippen LogP contribution in [0.4, 0.5) is 22.7 Å². The summed E-state index contributed by atoms with van der Waals surface area (Å²) >= 11 is 18.4. The van der Waals surface area contributed by atoms with Crippen LogP contribution in [-0.2, 0) is 33.6 Å². The van der Waals surface area contributed by atoms with Gasteiger partial charge in [-0.1, -0.05) is 80.3 Å². The Kier molecular flexibility index (Phi) is 37.6. The van der Waals surface area contributed by atoms with Gasteiger partial charge in [0.05, 0.1) is 125 Å². The second-order valence-corrected chi connectivity index (χ2v) is 73.9. The number of carbonyl (C=O) groups excluding carboxylic acids is 6. The maximum atomic E-state index is 13.4. The van der Waals surface area contributed by atoms with Gasteiger partial charge in [0.25, 0.3) is 0 Å². The molecule has 9 N–H and O–H groups in total. The summed E-state index contributed by atoms with van der Waals surface area (Å²) in [6.45, 7) is 27.0. The first-order chi connectivity index (χ1) is 62.4. The molecule has 0 radical (unpaired) electrons. The molecule has 4 saturated heterocycles. The summed E-state index contributed by atoms with van der Waals surface area (Å²) in [4.78, 5) is 142. The molecule has 0 aliphatic carbocycles. The van der Waals surface area contributed by atoms with E-state index in [2.05, 4.69) is 212 Å². The first-order valence-corrected chi connectivity index (χ1v) is 63.4. The number of aromatic carboxylic acids is 1. The average molecular weight is 2480 g/mol. The number of aryl methyl sites for hydroxylation is 4. The molecule has 0 bridgehead atoms. The van der Waals surface area contributed by atoms with Crippen LogP contribution in [0, 0.1) is 49.4 Å². The van der Waals surface area contributed by atoms with Gasteiger partial charge in [0.15, 0.2) is 28.4 Å². The number of hydrogen-bond acceptors (Lipinski definition) is 24. The Hall–Kier alpha value is -7.91. The van der Waals surface area contributed by atoms with E-state index >= 15 is 0 Å². The van der Waals surface area contributed by atoms with Crippen LogP contribution in [0.15, 0.2) is 129 Å². The number of Topliss-reactive ketones (excluding diaryl/α,β-unsaturated/α-hetero) is 1. The molecule has 17 rings (SSSR count). The van der Waals surface area contributed by atoms with Crippen molar-refractivity contribution in [2.75, 3.05) is 95.0 Å². The minimum atomic E-state index is -0.982. The van der Waals surface area contributed by atoms with E-state index < -0.39 is 33.6 Å². The van der Waals surface area contributed by atoms with Gasteiger partial charge in [0.1, 0.15) is 12.2 Å². The molecule has 706 valence electrons. The van der Waals surface area contributed by atoms with E-state index in [4.69, 9.17) is 31.7 Å². The van der Waals surface area contributed by atoms with Gasteiger partial charge in [-0.25, -0.2) is 39.3 Å². The predicted octanol–water partition coefficient (Wildman–Crippen LogP) is 20.4. The number of nitrogens with zero attached hydrogens (tertiary/aromatic N) is 14. The van der Waals surface area contributed by atoms with Crippen LogP contribution in [0.5, 0.6) is 0 Å². The molecule has 0 aromatic carbocycles. The van der Waals surface area contributed by atoms with Crippen LogP contribution < -0.4 is 36.8 Å². The molecule has 3 amide bonds. The molecule has 0 unspecified atom stereocenters. The fourth-order valence-electron chi connectivity index (χ4n) is 16.0. The zero-order valence-electron chi connectivity index (χ0n) is 75.1. The number of ketones is 1. The number of primary amides is 3. The topological polar surface area (TPSA) is 397 Å². The van der Waals surface area contributed by atoms with Crippen LogP contribution in [0.3, 0.4) is 0 Å². The second-order valence-electron chi connectivity index (χ2n) is 33.4. The van der Waals surface area contributed by atoms with Crippen molar-refractivity contribution in [3.05, 3.63) is 176 Å². The zero-order valence-corrected chi connectivity index (χ0v) is 90.5. The van der Waals surface area contributed by atoms with Gasteiger partial charge in [-0.15, -0.1) is 45.3 Å². The van der Waals surface area contributed by atoms with Gasteiger partial charge >= 0.3 is 88.7 Å². The number of nitrogens with one attached hydrogen (secondary N) is 1. The number of halogens is 5. The van der Waals surface area contributed by atoms with Gasteiger partial charge in [-0.2, -0.15) is 5.10 Å². The van der Waals surface area contributed by atoms with E-state index in [-0.39, 0.29) is 59.3 Å². The summed E-state index contributed by atoms with van der Waals surface area (Å²) in [7, 11) is 0. The Morgan fingerprint density at radius 2 is 0.712 bits per heavy atom. The standard InChI is InChI=1S/C25H29N7O2S.C22H26N4O3S.C22H25N3O4S.C20H22N4O3S.2CH3I.CH4.3HI.V/c1-15(22-28-14-29-30-22)10-20(33)17-11-18(31-8-6-25(3,7-9-31)24(26)34)23-27-12-19(32(23)13-17)21-5-4-16(2)35-21;1-4-29-20(27)15-11-16(25-9-7-22(3,8-10-25)21(23)28)19-24-12-17(26(19)13-15)18-6-5-14(2)30-18;1-4-29-20(26)15-11-16(24-9-7-22(3,8-10-24)21(27)28)19-23-12-17(25(19)13-15)18-6-5-14(2)30-18;1-12-3-4-16(28-12)15-10-22-17-14(9-13(18(25)26)11-24(15)17)23-7-5-20(2,6-8-23)19(21)27;2*1-2;;;;;/h4-5,11-15H,6-10H2,1-3H3,(H2,26,34)(H,28,29,30);5-6,11-13H,4,7-10H2,1-3H3,(H2,23,28);5-6,11-13H,4,7-10H2,1-3H3,(H,27,28);3-4,9-11H,5-8H2,1-2H3,(H2,21,27)(H,25,26);2*1H3;1H4;3*1H;/q;;;;;;;;;;+3/p-3/t15-;;;;;;;;;;/m1........../s1. The van der Waals surface area contributed by atoms with Crippen molar-refractivity contribution in [1.82, 2.24) is 52.7 Å². The third kappa shape index (κ3) is 24.7. The number of anilines is 4. The van der Waals surface area contributed by atoms with E-state index in [1.54, 1.807) is 97.0 Å². The number of aliphatic carboxylic acids is 1. The summed E-state index contributed by atoms with van der Waals surface area (Å²) in [5, 5.41) is 25.9. The van der Waals surface area contributed by atoms with Crippen molar-refractivity contribution in [1.29, 1.82) is 0 Å². The molecule has 0 spiro atoms. The van der Waals surface area contributed by atoms with Crippen LogP contribution in [0.25, 0.3) is 64.9 Å². The number of alkyl halides is 2. The molecule has 4 fully saturated rings. The number of H-pyrrole nitrogens is 1. The molecule has 4 aliphatic heterocycles. The molecule has 0 saturated carbocycles. The van der Waals surface area contributed by atoms with Crippen LogP contribution in [-0.4, -0.2) is 186 Å². The first-order valence-electron chi connectivity index (χ1n) is 42.3. The number of pyridine rings is 4. The molecule has 30 nitrogen and oxygen atoms in total. The Balaban J connectivity index is 0.000000178. The molecule has 132 heavy (non-hydrogen) atoms. The molecule has 17 heterocycles. The third-order valence-electron chi connectivity index (χ3n) is 24.4. The number of ether oxygens (including phenoxy) is 2. The Morgan fingerprint density at radius 1 is 0.447 bits per heavy atom. The van der Waals surface area contributed by atoms with Crippen molar-refractivity contribution < 1.29 is 63.0 Å². The number of aromatic nitrogens is 11. The molecular formula is C92H112I5N18O12S4V. The van der Waals surface area contributed by atoms with Crippen molar-refractivity contribution >= 4 is 243 Å². The Labute approximate surface area is 849 Å². The van der Waals surface area contributed by atoms with Gasteiger partial charge in [0, 0.05) is 131 Å². The number of carboxylic acid groups (broad SMARTS) is 2. The summed E-state index contributed by atoms with van der Waals surface area (Å²) in [6, 6.07) is 23.8. The summed E-state index contributed by atoms with van der Waals surface area (Å²) < 4.78 is 18.3. The van der Waals surface area contributed by atoms with Gasteiger partial charge in [-0.05, 0) is 182 Å². The van der Waals surface area contributed by atoms with E-state index in [1.807, 2.05) is 117 Å². The zero-order chi connectivity index (χ0) is 95.3. The van der Waals surface area contributed by atoms with Crippen molar-refractivity contribution in [2.45, 2.75) is 147 Å². The van der Waals surface area contributed by atoms with Crippen LogP contribution >= 0.6 is 150 Å². The molecule has 13 aromatic rings. The van der Waals surface area contributed by atoms with Gasteiger partial charge in [-0.3, -0.25) is 46.7 Å². The molecule has 40 heteroatoms. The third-order valence-corrected chi connectivity index (χ3v) is 28.5. The van der Waals surface area contributed by atoms with Crippen molar-refractivity contribution in [2.24, 2.45) is 38.9 Å². The maximum absolute atomic E-state index is 13.4. The fraction of sp³-hybridized carbons (Fsp3) is 0.413. The monoisotopic (exact) mass is 2470 g/mol. The number of carboxylic acids is 2. The Morgan fingerprint density at radius 3 is 0.955 bits per heavy atom. The molecular weight excluding hydrogens is 2360 g/mol. The molecule has 13 aromatic heterocycles. The van der Waals surface area contributed by atoms with Crippen molar-refractivity contribution in [3.63, 3.8) is 0 Å². The number of amides is 3. The number of fused-ring (bicyclic) bond motifs is 4. The van der Waals surface area contributed by atoms with E-state index in [1.165, 1.54) is 25.8 Å². The number of nitrogens with two attached hydrogens (primary N) is 3. The first kappa shape index (κ1) is 106. The number of piperidine rings is 4. The summed E-state index contributed by atoms with van der Waals surface area (Å²) in [6.07, 6.45) is 21.1. The molecule has 1 atom stereocenters. The SMILES string of the molecule is C.CCOC(=O)c1cc(N2CCC(C)(C(=O)O)CC2)c2ncc(-c3ccc(C)s3)n2c1.CCOC(=O)c1cc(N2CCC(C)(C(N)=O)CC2)c2ncc(-c3ccc(C)s3)n2c1.CI.CI.Cc1ccc(-c2cnc3c(N4CCC(C)(C(N)=O)CC4)cc(C(=O)C[C@@H](C)c4ncn[nH]4)cn23)s1.Cc1ccc(-c2cnc3c(N4CCC(C)(C(N)=O)CC4)cc(C(=O)O)cn23)s1.[I][V]([I])[I]. The van der Waals surface area contributed by atoms with E-state index in [0.717, 1.165) is 82.0 Å². The number of aromatic amines is 1. The Bertz CT molecular complexity index is 6070. The quantitative estimate of drug-likeness (QED) is 0.0168. The number of esters is 2. The number of hydrogen-bond donors (Lipinski definition) is 6. The molecule has 4 aliphatic rings. The number of rotatable bonds is 21. The number of imidazole rings is 4. The number of thiophene rings is 4. The predicted molar refractivity (Wildman–Crippen MR) is 568 cm³/mol. The summed E-state index contributed by atoms with van der Waals surface area (Å²) in [5.74, 6) is -2.65. The minimum absolute atomic E-state index is 0. The summed E-state index contributed by atoms with van der Waals surface area (Å²) in [5.41, 5.74) is 26.4. The normalized spacial score (nSPS) is 15.5. The second kappa shape index (κ2) is 46.8. The fourth-order valence-corrected chi connectivity index (χ4v) is 19.5. The number of carbonyl (C=O) groups is 8.